The summed E-state index contributed by atoms with van der Waals surface area (Å²) in [7, 11) is 0. The van der Waals surface area contributed by atoms with Gasteiger partial charge in [-0.2, -0.15) is 0 Å². The van der Waals surface area contributed by atoms with Crippen LogP contribution in [0.5, 0.6) is 0 Å². The fourth-order valence-corrected chi connectivity index (χ4v) is 0. The quantitative estimate of drug-likeness (QED) is 0.487. The topological polar surface area (TPSA) is 0 Å². The van der Waals surface area contributed by atoms with Crippen molar-refractivity contribution < 1.29 is 17.1 Å². The second kappa shape index (κ2) is 4.70. The van der Waals surface area contributed by atoms with E-state index >= 15 is 0 Å². The molecule has 0 rings (SSSR count). The van der Waals surface area contributed by atoms with Crippen molar-refractivity contribution in [3.8, 4) is 0 Å². The Morgan fingerprint density at radius 2 is 1.29 bits per heavy atom. The van der Waals surface area contributed by atoms with Crippen molar-refractivity contribution in [3.63, 3.8) is 0 Å². The summed E-state index contributed by atoms with van der Waals surface area (Å²) < 4.78 is 0. The summed E-state index contributed by atoms with van der Waals surface area (Å²) in [5.41, 5.74) is 1.19. The largest absolute Gasteiger partial charge is 0.0895 e. The minimum atomic E-state index is 0. The van der Waals surface area contributed by atoms with Gasteiger partial charge in [-0.25, -0.2) is 0 Å². The summed E-state index contributed by atoms with van der Waals surface area (Å²) in [6.45, 7) is 5.86. The molecule has 0 atom stereocenters. The van der Waals surface area contributed by atoms with Gasteiger partial charge in [0.2, 0.25) is 0 Å². The van der Waals surface area contributed by atoms with E-state index in [0.717, 1.165) is 5.03 Å². The van der Waals surface area contributed by atoms with Crippen molar-refractivity contribution in [1.82, 2.24) is 0 Å². The Kier molecular flexibility index (Phi) is 7.06. The van der Waals surface area contributed by atoms with Crippen LogP contribution >= 0.6 is 11.6 Å². The Labute approximate surface area is 60.4 Å². The van der Waals surface area contributed by atoms with E-state index < -0.39 is 0 Å². The molecule has 0 aliphatic rings. The summed E-state index contributed by atoms with van der Waals surface area (Å²) in [6.07, 6.45) is 0. The molecule has 0 unspecified atom stereocenters. The molecule has 0 aliphatic heterocycles. The Morgan fingerprint density at radius 1 is 1.14 bits per heavy atom. The van der Waals surface area contributed by atoms with Crippen LogP contribution in [0, 0.1) is 0 Å². The third-order valence-corrected chi connectivity index (χ3v) is 1.07. The molecule has 0 saturated carbocycles. The second-order valence-electron chi connectivity index (χ2n) is 1.53. The molecule has 47 valence electrons. The number of hydrogen-bond acceptors (Lipinski definition) is 0. The molecule has 0 spiro atoms. The van der Waals surface area contributed by atoms with Crippen LogP contribution in [-0.4, -0.2) is 0 Å². The predicted octanol–water partition coefficient (Wildman–Crippen LogP) is 2.54. The first kappa shape index (κ1) is 10.5. The predicted molar refractivity (Wildman–Crippen MR) is 29.9 cm³/mol. The SMILES string of the molecule is CC(C)=C(C)Cl.[Cu]. The average molecular weight is 168 g/mol. The zero-order valence-corrected chi connectivity index (χ0v) is 6.38. The van der Waals surface area contributed by atoms with Gasteiger partial charge in [-0.3, -0.25) is 0 Å². The van der Waals surface area contributed by atoms with Gasteiger partial charge in [-0.1, -0.05) is 17.2 Å². The summed E-state index contributed by atoms with van der Waals surface area (Å²) in [6, 6.07) is 0. The molecule has 0 aliphatic carbocycles. The molecular weight excluding hydrogens is 159 g/mol. The first-order chi connectivity index (χ1) is 2.64. The molecule has 0 N–H and O–H groups in total. The minimum absolute atomic E-state index is 0. The fourth-order valence-electron chi connectivity index (χ4n) is 0. The first-order valence-electron chi connectivity index (χ1n) is 1.94. The molecule has 0 saturated heterocycles. The van der Waals surface area contributed by atoms with Crippen LogP contribution in [0.25, 0.3) is 0 Å². The zero-order chi connectivity index (χ0) is 5.15. The number of rotatable bonds is 0. The van der Waals surface area contributed by atoms with E-state index in [0.29, 0.717) is 0 Å². The molecule has 7 heavy (non-hydrogen) atoms. The van der Waals surface area contributed by atoms with E-state index in [-0.39, 0.29) is 17.1 Å². The maximum absolute atomic E-state index is 5.49. The maximum Gasteiger partial charge on any atom is 0.0136 e. The van der Waals surface area contributed by atoms with Crippen molar-refractivity contribution in [2.24, 2.45) is 0 Å². The van der Waals surface area contributed by atoms with E-state index in [1.807, 2.05) is 20.8 Å². The summed E-state index contributed by atoms with van der Waals surface area (Å²) in [5, 5.41) is 0.898. The Balaban J connectivity index is 0. The van der Waals surface area contributed by atoms with Gasteiger partial charge in [0.25, 0.3) is 0 Å². The van der Waals surface area contributed by atoms with Gasteiger partial charge < -0.3 is 0 Å². The van der Waals surface area contributed by atoms with Gasteiger partial charge in [0, 0.05) is 22.1 Å². The normalized spacial score (nSPS) is 6.86. The van der Waals surface area contributed by atoms with Crippen molar-refractivity contribution in [2.45, 2.75) is 20.8 Å². The van der Waals surface area contributed by atoms with E-state index in [2.05, 4.69) is 0 Å². The third-order valence-electron chi connectivity index (χ3n) is 0.689. The van der Waals surface area contributed by atoms with Crippen LogP contribution in [0.3, 0.4) is 0 Å². The standard InChI is InChI=1S/C5H9Cl.Cu/c1-4(2)5(3)6;/h1-3H3;. The van der Waals surface area contributed by atoms with Crippen LogP contribution in [0.15, 0.2) is 10.6 Å². The molecule has 0 aromatic rings. The molecule has 0 heterocycles. The van der Waals surface area contributed by atoms with Gasteiger partial charge >= 0.3 is 0 Å². The van der Waals surface area contributed by atoms with E-state index in [1.165, 1.54) is 5.57 Å². The molecule has 0 nitrogen and oxygen atoms in total. The third kappa shape index (κ3) is 6.55. The number of halogens is 1. The van der Waals surface area contributed by atoms with Crippen LogP contribution in [0.4, 0.5) is 0 Å². The van der Waals surface area contributed by atoms with Crippen molar-refractivity contribution in [3.05, 3.63) is 10.6 Å². The van der Waals surface area contributed by atoms with Gasteiger partial charge in [-0.15, -0.1) is 0 Å². The van der Waals surface area contributed by atoms with E-state index in [9.17, 15) is 0 Å². The number of hydrogen-bond donors (Lipinski definition) is 0. The zero-order valence-electron chi connectivity index (χ0n) is 4.68. The molecule has 0 aromatic heterocycles. The Hall–Kier alpha value is 0.549. The van der Waals surface area contributed by atoms with Gasteiger partial charge in [-0.05, 0) is 20.8 Å². The van der Waals surface area contributed by atoms with E-state index in [1.54, 1.807) is 0 Å². The molecule has 1 radical (unpaired) electrons. The van der Waals surface area contributed by atoms with Crippen LogP contribution in [-0.2, 0) is 17.1 Å². The van der Waals surface area contributed by atoms with Crippen molar-refractivity contribution >= 4 is 11.6 Å². The monoisotopic (exact) mass is 167 g/mol. The molecule has 0 bridgehead atoms. The summed E-state index contributed by atoms with van der Waals surface area (Å²) in [4.78, 5) is 0. The molecule has 0 aromatic carbocycles. The van der Waals surface area contributed by atoms with Gasteiger partial charge in [0.15, 0.2) is 0 Å². The van der Waals surface area contributed by atoms with Crippen molar-refractivity contribution in [2.75, 3.05) is 0 Å². The molecule has 0 amide bonds. The van der Waals surface area contributed by atoms with Crippen LogP contribution < -0.4 is 0 Å². The smallest absolute Gasteiger partial charge is 0.0136 e. The second-order valence-corrected chi connectivity index (χ2v) is 2.10. The fraction of sp³-hybridized carbons (Fsp3) is 0.600. The molecule has 0 fully saturated rings. The summed E-state index contributed by atoms with van der Waals surface area (Å²) in [5.74, 6) is 0. The minimum Gasteiger partial charge on any atom is -0.0895 e. The van der Waals surface area contributed by atoms with Gasteiger partial charge in [0.1, 0.15) is 0 Å². The van der Waals surface area contributed by atoms with Crippen LogP contribution in [0.2, 0.25) is 0 Å². The van der Waals surface area contributed by atoms with Crippen molar-refractivity contribution in [1.29, 1.82) is 0 Å². The van der Waals surface area contributed by atoms with Gasteiger partial charge in [0.05, 0.1) is 0 Å². The molecular formula is C5H9ClCu. The van der Waals surface area contributed by atoms with Crippen LogP contribution in [0.1, 0.15) is 20.8 Å². The number of allylic oxidation sites excluding steroid dienone is 2. The average Bonchev–Trinajstić information content (AvgIpc) is 1.36. The maximum atomic E-state index is 5.49. The Morgan fingerprint density at radius 3 is 1.29 bits per heavy atom. The Bertz CT molecular complexity index is 58.1. The summed E-state index contributed by atoms with van der Waals surface area (Å²) >= 11 is 5.49. The molecule has 2 heteroatoms. The first-order valence-corrected chi connectivity index (χ1v) is 2.32. The van der Waals surface area contributed by atoms with E-state index in [4.69, 9.17) is 11.6 Å².